The fourth-order valence-electron chi connectivity index (χ4n) is 1.41. The minimum absolute atomic E-state index is 0.581. The molecule has 1 heterocycles. The quantitative estimate of drug-likeness (QED) is 0.843. The number of nitrogens with zero attached hydrogens (tertiary/aromatic N) is 1. The van der Waals surface area contributed by atoms with Crippen LogP contribution in [-0.2, 0) is 0 Å². The molecule has 0 saturated carbocycles. The molecule has 1 unspecified atom stereocenters. The van der Waals surface area contributed by atoms with Crippen molar-refractivity contribution in [1.82, 2.24) is 0 Å². The molecule has 15 heavy (non-hydrogen) atoms. The highest BCUT2D eigenvalue weighted by atomic mass is 79.9. The second-order valence-corrected chi connectivity index (χ2v) is 5.47. The predicted molar refractivity (Wildman–Crippen MR) is 72.3 cm³/mol. The number of amidine groups is 1. The minimum Gasteiger partial charge on any atom is -0.335 e. The summed E-state index contributed by atoms with van der Waals surface area (Å²) in [4.78, 5) is 4.45. The number of aliphatic imine (C=N–C) groups is 1. The fourth-order valence-corrected chi connectivity index (χ4v) is 2.87. The van der Waals surface area contributed by atoms with Gasteiger partial charge in [0.05, 0.1) is 6.54 Å². The van der Waals surface area contributed by atoms with Gasteiger partial charge in [-0.2, -0.15) is 0 Å². The number of anilines is 1. The van der Waals surface area contributed by atoms with Crippen LogP contribution in [0, 0.1) is 6.92 Å². The third-order valence-corrected chi connectivity index (χ3v) is 4.47. The Balaban J connectivity index is 1.98. The third kappa shape index (κ3) is 2.98. The molecule has 1 aromatic rings. The SMILES string of the molecule is Cc1cccc(NC2=NCC(CBr)S2)c1. The summed E-state index contributed by atoms with van der Waals surface area (Å²) >= 11 is 5.28. The Kier molecular flexibility index (Phi) is 3.70. The van der Waals surface area contributed by atoms with Crippen LogP contribution in [0.4, 0.5) is 5.69 Å². The maximum Gasteiger partial charge on any atom is 0.161 e. The van der Waals surface area contributed by atoms with Crippen molar-refractivity contribution in [3.8, 4) is 0 Å². The van der Waals surface area contributed by atoms with Gasteiger partial charge in [0.1, 0.15) is 0 Å². The Morgan fingerprint density at radius 3 is 3.13 bits per heavy atom. The highest BCUT2D eigenvalue weighted by molar-refractivity contribution is 9.09. The summed E-state index contributed by atoms with van der Waals surface area (Å²) < 4.78 is 0. The van der Waals surface area contributed by atoms with E-state index < -0.39 is 0 Å². The van der Waals surface area contributed by atoms with Crippen molar-refractivity contribution in [1.29, 1.82) is 0 Å². The molecule has 4 heteroatoms. The maximum atomic E-state index is 4.45. The van der Waals surface area contributed by atoms with Crippen LogP contribution in [0.1, 0.15) is 5.56 Å². The van der Waals surface area contributed by atoms with Gasteiger partial charge in [0, 0.05) is 16.3 Å². The van der Waals surface area contributed by atoms with Crippen LogP contribution >= 0.6 is 27.7 Å². The van der Waals surface area contributed by atoms with E-state index in [-0.39, 0.29) is 0 Å². The molecule has 0 saturated heterocycles. The molecular weight excluding hydrogens is 272 g/mol. The molecular formula is C11H13BrN2S. The van der Waals surface area contributed by atoms with Crippen LogP contribution in [0.5, 0.6) is 0 Å². The number of nitrogens with one attached hydrogen (secondary N) is 1. The van der Waals surface area contributed by atoms with Gasteiger partial charge in [0.2, 0.25) is 0 Å². The maximum absolute atomic E-state index is 4.45. The molecule has 0 aliphatic carbocycles. The Bertz CT molecular complexity index is 379. The lowest BCUT2D eigenvalue weighted by atomic mass is 10.2. The molecule has 1 aliphatic heterocycles. The first-order valence-corrected chi connectivity index (χ1v) is 6.89. The van der Waals surface area contributed by atoms with Crippen molar-refractivity contribution < 1.29 is 0 Å². The van der Waals surface area contributed by atoms with Crippen molar-refractivity contribution in [3.05, 3.63) is 29.8 Å². The summed E-state index contributed by atoms with van der Waals surface area (Å²) in [6.07, 6.45) is 0. The molecule has 0 aromatic heterocycles. The normalized spacial score (nSPS) is 20.1. The number of thioether (sulfide) groups is 1. The largest absolute Gasteiger partial charge is 0.335 e. The van der Waals surface area contributed by atoms with E-state index in [2.05, 4.69) is 57.4 Å². The van der Waals surface area contributed by atoms with Gasteiger partial charge in [-0.15, -0.1) is 0 Å². The molecule has 1 atom stereocenters. The van der Waals surface area contributed by atoms with Crippen molar-refractivity contribution in [2.24, 2.45) is 4.99 Å². The van der Waals surface area contributed by atoms with E-state index in [0.717, 1.165) is 22.7 Å². The fraction of sp³-hybridized carbons (Fsp3) is 0.364. The van der Waals surface area contributed by atoms with E-state index >= 15 is 0 Å². The number of halogens is 1. The molecule has 0 bridgehead atoms. The Hall–Kier alpha value is -0.480. The van der Waals surface area contributed by atoms with E-state index in [0.29, 0.717) is 5.25 Å². The summed E-state index contributed by atoms with van der Waals surface area (Å²) in [6.45, 7) is 3.00. The average molecular weight is 285 g/mol. The number of benzene rings is 1. The van der Waals surface area contributed by atoms with Gasteiger partial charge >= 0.3 is 0 Å². The van der Waals surface area contributed by atoms with Gasteiger partial charge in [-0.05, 0) is 24.6 Å². The van der Waals surface area contributed by atoms with Crippen LogP contribution in [0.2, 0.25) is 0 Å². The molecule has 0 amide bonds. The van der Waals surface area contributed by atoms with E-state index in [1.807, 2.05) is 0 Å². The van der Waals surface area contributed by atoms with Crippen LogP contribution in [0.3, 0.4) is 0 Å². The molecule has 0 radical (unpaired) electrons. The average Bonchev–Trinajstić information content (AvgIpc) is 2.65. The number of aryl methyl sites for hydroxylation is 1. The van der Waals surface area contributed by atoms with Crippen LogP contribution < -0.4 is 5.32 Å². The van der Waals surface area contributed by atoms with Gasteiger partial charge < -0.3 is 5.32 Å². The van der Waals surface area contributed by atoms with Crippen molar-refractivity contribution in [2.75, 3.05) is 17.2 Å². The van der Waals surface area contributed by atoms with Crippen LogP contribution in [0.15, 0.2) is 29.3 Å². The lowest BCUT2D eigenvalue weighted by Gasteiger charge is -2.07. The topological polar surface area (TPSA) is 24.4 Å². The first kappa shape index (κ1) is 11.0. The summed E-state index contributed by atoms with van der Waals surface area (Å²) in [7, 11) is 0. The Labute approximate surface area is 103 Å². The van der Waals surface area contributed by atoms with Gasteiger partial charge in [-0.1, -0.05) is 39.8 Å². The van der Waals surface area contributed by atoms with Gasteiger partial charge in [0.25, 0.3) is 0 Å². The molecule has 2 nitrogen and oxygen atoms in total. The first-order chi connectivity index (χ1) is 7.28. The summed E-state index contributed by atoms with van der Waals surface area (Å²) in [6, 6.07) is 8.35. The van der Waals surface area contributed by atoms with E-state index in [1.165, 1.54) is 5.56 Å². The highest BCUT2D eigenvalue weighted by Gasteiger charge is 2.18. The van der Waals surface area contributed by atoms with E-state index in [9.17, 15) is 0 Å². The molecule has 1 aliphatic rings. The standard InChI is InChI=1S/C11H13BrN2S/c1-8-3-2-4-9(5-8)14-11-13-7-10(6-12)15-11/h2-5,10H,6-7H2,1H3,(H,13,14). The molecule has 0 spiro atoms. The number of hydrogen-bond acceptors (Lipinski definition) is 3. The Morgan fingerprint density at radius 2 is 2.47 bits per heavy atom. The van der Waals surface area contributed by atoms with Crippen molar-refractivity contribution in [2.45, 2.75) is 12.2 Å². The second-order valence-electron chi connectivity index (χ2n) is 3.53. The summed E-state index contributed by atoms with van der Waals surface area (Å²) in [5, 5.41) is 5.95. The molecule has 0 fully saturated rings. The van der Waals surface area contributed by atoms with Crippen molar-refractivity contribution >= 4 is 38.5 Å². The molecule has 1 aromatic carbocycles. The number of rotatable bonds is 2. The van der Waals surface area contributed by atoms with Crippen molar-refractivity contribution in [3.63, 3.8) is 0 Å². The lowest BCUT2D eigenvalue weighted by Crippen LogP contribution is -2.08. The highest BCUT2D eigenvalue weighted by Crippen LogP contribution is 2.24. The zero-order chi connectivity index (χ0) is 10.7. The zero-order valence-electron chi connectivity index (χ0n) is 8.53. The summed E-state index contributed by atoms with van der Waals surface area (Å²) in [5.74, 6) is 0. The lowest BCUT2D eigenvalue weighted by molar-refractivity contribution is 0.993. The van der Waals surface area contributed by atoms with Gasteiger partial charge in [0.15, 0.2) is 5.17 Å². The van der Waals surface area contributed by atoms with Crippen LogP contribution in [-0.4, -0.2) is 22.3 Å². The van der Waals surface area contributed by atoms with Crippen LogP contribution in [0.25, 0.3) is 0 Å². The second kappa shape index (κ2) is 5.03. The zero-order valence-corrected chi connectivity index (χ0v) is 10.9. The van der Waals surface area contributed by atoms with E-state index in [4.69, 9.17) is 0 Å². The van der Waals surface area contributed by atoms with Gasteiger partial charge in [-0.25, -0.2) is 0 Å². The smallest absolute Gasteiger partial charge is 0.161 e. The third-order valence-electron chi connectivity index (χ3n) is 2.16. The number of alkyl halides is 1. The van der Waals surface area contributed by atoms with Gasteiger partial charge in [-0.3, -0.25) is 4.99 Å². The first-order valence-electron chi connectivity index (χ1n) is 4.88. The summed E-state index contributed by atoms with van der Waals surface area (Å²) in [5.41, 5.74) is 2.39. The Morgan fingerprint density at radius 1 is 1.60 bits per heavy atom. The minimum atomic E-state index is 0.581. The van der Waals surface area contributed by atoms with E-state index in [1.54, 1.807) is 11.8 Å². The number of hydrogen-bond donors (Lipinski definition) is 1. The predicted octanol–water partition coefficient (Wildman–Crippen LogP) is 3.27. The molecule has 1 N–H and O–H groups in total. The molecule has 80 valence electrons. The monoisotopic (exact) mass is 284 g/mol. The molecule has 2 rings (SSSR count).